The molecule has 1 N–H and O–H groups in total. The first-order valence-corrected chi connectivity index (χ1v) is 12.3. The zero-order chi connectivity index (χ0) is 23.8. The number of amides is 1. The first-order chi connectivity index (χ1) is 16.7. The van der Waals surface area contributed by atoms with E-state index in [-0.39, 0.29) is 11.7 Å². The molecule has 2 aromatic carbocycles. The lowest BCUT2D eigenvalue weighted by atomic mass is 9.95. The van der Waals surface area contributed by atoms with Crippen LogP contribution in [0.3, 0.4) is 0 Å². The average molecular weight is 480 g/mol. The van der Waals surface area contributed by atoms with Gasteiger partial charge < -0.3 is 9.47 Å². The summed E-state index contributed by atoms with van der Waals surface area (Å²) in [5, 5.41) is 13.8. The van der Waals surface area contributed by atoms with Gasteiger partial charge >= 0.3 is 0 Å². The molecule has 9 heteroatoms. The third-order valence-electron chi connectivity index (χ3n) is 5.78. The molecule has 0 bridgehead atoms. The summed E-state index contributed by atoms with van der Waals surface area (Å²) in [6, 6.07) is 15.9. The fourth-order valence-corrected chi connectivity index (χ4v) is 4.90. The SMILES string of the molecule is COc1ccc(C=NNC(=O)CSc2nnc(-c3ccccc3)n2C2CCCCC2)cc1OC. The van der Waals surface area contributed by atoms with E-state index in [1.54, 1.807) is 32.6 Å². The minimum absolute atomic E-state index is 0.197. The number of nitrogens with one attached hydrogen (secondary N) is 1. The Labute approximate surface area is 203 Å². The van der Waals surface area contributed by atoms with Crippen LogP contribution in [-0.4, -0.2) is 46.9 Å². The van der Waals surface area contributed by atoms with E-state index in [4.69, 9.17) is 9.47 Å². The molecule has 4 rings (SSSR count). The number of benzene rings is 2. The molecule has 0 spiro atoms. The molecule has 1 heterocycles. The average Bonchev–Trinajstić information content (AvgIpc) is 3.32. The van der Waals surface area contributed by atoms with E-state index in [9.17, 15) is 4.79 Å². The van der Waals surface area contributed by atoms with Crippen LogP contribution in [0.5, 0.6) is 11.5 Å². The summed E-state index contributed by atoms with van der Waals surface area (Å²) in [4.78, 5) is 12.4. The number of hydrogen-bond acceptors (Lipinski definition) is 7. The Bertz CT molecular complexity index is 1130. The van der Waals surface area contributed by atoms with E-state index >= 15 is 0 Å². The third-order valence-corrected chi connectivity index (χ3v) is 6.72. The number of carbonyl (C=O) groups excluding carboxylic acids is 1. The topological polar surface area (TPSA) is 90.6 Å². The van der Waals surface area contributed by atoms with Crippen molar-refractivity contribution >= 4 is 23.9 Å². The van der Waals surface area contributed by atoms with Crippen molar-refractivity contribution in [1.29, 1.82) is 0 Å². The third kappa shape index (κ3) is 5.77. The number of hydrazone groups is 1. The van der Waals surface area contributed by atoms with E-state index in [2.05, 4.69) is 25.3 Å². The molecule has 3 aromatic rings. The molecule has 0 radical (unpaired) electrons. The summed E-state index contributed by atoms with van der Waals surface area (Å²) < 4.78 is 12.8. The summed E-state index contributed by atoms with van der Waals surface area (Å²) >= 11 is 1.39. The van der Waals surface area contributed by atoms with Gasteiger partial charge in [0.1, 0.15) is 0 Å². The molecule has 0 atom stereocenters. The fraction of sp³-hybridized carbons (Fsp3) is 0.360. The Kier molecular flexibility index (Phi) is 8.19. The van der Waals surface area contributed by atoms with Crippen LogP contribution in [0.1, 0.15) is 43.7 Å². The molecule has 1 aliphatic rings. The van der Waals surface area contributed by atoms with Gasteiger partial charge in [-0.2, -0.15) is 5.10 Å². The van der Waals surface area contributed by atoms with Crippen LogP contribution in [0.15, 0.2) is 58.8 Å². The molecule has 0 unspecified atom stereocenters. The predicted octanol–water partition coefficient (Wildman–Crippen LogP) is 4.71. The van der Waals surface area contributed by atoms with Crippen LogP contribution in [0.4, 0.5) is 0 Å². The second-order valence-electron chi connectivity index (χ2n) is 8.03. The van der Waals surface area contributed by atoms with Gasteiger partial charge in [-0.1, -0.05) is 61.4 Å². The molecular formula is C25H29N5O3S. The number of rotatable bonds is 9. The summed E-state index contributed by atoms with van der Waals surface area (Å²) in [5.41, 5.74) is 4.41. The predicted molar refractivity (Wildman–Crippen MR) is 134 cm³/mol. The lowest BCUT2D eigenvalue weighted by Crippen LogP contribution is -2.20. The van der Waals surface area contributed by atoms with Crippen molar-refractivity contribution in [1.82, 2.24) is 20.2 Å². The van der Waals surface area contributed by atoms with Gasteiger partial charge in [0.25, 0.3) is 5.91 Å². The Morgan fingerprint density at radius 3 is 2.59 bits per heavy atom. The van der Waals surface area contributed by atoms with Gasteiger partial charge in [-0.25, -0.2) is 5.43 Å². The van der Waals surface area contributed by atoms with Crippen molar-refractivity contribution in [3.63, 3.8) is 0 Å². The van der Waals surface area contributed by atoms with E-state index in [0.29, 0.717) is 17.5 Å². The number of nitrogens with zero attached hydrogens (tertiary/aromatic N) is 4. The Morgan fingerprint density at radius 2 is 1.85 bits per heavy atom. The monoisotopic (exact) mass is 479 g/mol. The highest BCUT2D eigenvalue weighted by Crippen LogP contribution is 2.35. The van der Waals surface area contributed by atoms with Crippen molar-refractivity contribution < 1.29 is 14.3 Å². The van der Waals surface area contributed by atoms with Gasteiger partial charge in [0, 0.05) is 11.6 Å². The molecule has 178 valence electrons. The molecule has 1 saturated carbocycles. The van der Waals surface area contributed by atoms with Crippen molar-refractivity contribution in [2.75, 3.05) is 20.0 Å². The minimum Gasteiger partial charge on any atom is -0.493 e. The molecular weight excluding hydrogens is 450 g/mol. The van der Waals surface area contributed by atoms with E-state index in [1.165, 1.54) is 31.0 Å². The molecule has 34 heavy (non-hydrogen) atoms. The minimum atomic E-state index is -0.207. The van der Waals surface area contributed by atoms with Crippen LogP contribution >= 0.6 is 11.8 Å². The normalized spacial score (nSPS) is 14.3. The number of thioether (sulfide) groups is 1. The van der Waals surface area contributed by atoms with Crippen molar-refractivity contribution in [2.45, 2.75) is 43.3 Å². The quantitative estimate of drug-likeness (QED) is 0.272. The Balaban J connectivity index is 1.41. The Hall–Kier alpha value is -3.33. The smallest absolute Gasteiger partial charge is 0.250 e. The van der Waals surface area contributed by atoms with Gasteiger partial charge in [0.05, 0.1) is 26.2 Å². The maximum absolute atomic E-state index is 12.4. The number of ether oxygens (including phenoxy) is 2. The van der Waals surface area contributed by atoms with E-state index in [0.717, 1.165) is 34.9 Å². The number of hydrogen-bond donors (Lipinski definition) is 1. The molecule has 1 aliphatic carbocycles. The second kappa shape index (κ2) is 11.7. The molecule has 1 amide bonds. The highest BCUT2D eigenvalue weighted by Gasteiger charge is 2.24. The first-order valence-electron chi connectivity index (χ1n) is 11.4. The number of aromatic nitrogens is 3. The maximum Gasteiger partial charge on any atom is 0.250 e. The van der Waals surface area contributed by atoms with Crippen LogP contribution in [0.2, 0.25) is 0 Å². The highest BCUT2D eigenvalue weighted by atomic mass is 32.2. The van der Waals surface area contributed by atoms with Crippen molar-refractivity contribution in [2.24, 2.45) is 5.10 Å². The van der Waals surface area contributed by atoms with Gasteiger partial charge in [0.2, 0.25) is 0 Å². The summed E-state index contributed by atoms with van der Waals surface area (Å²) in [7, 11) is 3.16. The zero-order valence-corrected chi connectivity index (χ0v) is 20.3. The van der Waals surface area contributed by atoms with Crippen LogP contribution in [-0.2, 0) is 4.79 Å². The van der Waals surface area contributed by atoms with Gasteiger partial charge in [-0.15, -0.1) is 10.2 Å². The number of methoxy groups -OCH3 is 2. The Morgan fingerprint density at radius 1 is 1.09 bits per heavy atom. The van der Waals surface area contributed by atoms with E-state index < -0.39 is 0 Å². The fourth-order valence-electron chi connectivity index (χ4n) is 4.10. The zero-order valence-electron chi connectivity index (χ0n) is 19.4. The van der Waals surface area contributed by atoms with Crippen LogP contribution < -0.4 is 14.9 Å². The molecule has 8 nitrogen and oxygen atoms in total. The molecule has 1 aromatic heterocycles. The van der Waals surface area contributed by atoms with Gasteiger partial charge in [-0.3, -0.25) is 9.36 Å². The maximum atomic E-state index is 12.4. The lowest BCUT2D eigenvalue weighted by Gasteiger charge is -2.25. The molecule has 1 fully saturated rings. The first kappa shape index (κ1) is 23.8. The second-order valence-corrected chi connectivity index (χ2v) is 8.97. The molecule has 0 saturated heterocycles. The van der Waals surface area contributed by atoms with Crippen molar-refractivity contribution in [3.05, 3.63) is 54.1 Å². The van der Waals surface area contributed by atoms with Crippen molar-refractivity contribution in [3.8, 4) is 22.9 Å². The lowest BCUT2D eigenvalue weighted by molar-refractivity contribution is -0.118. The van der Waals surface area contributed by atoms with E-state index in [1.807, 2.05) is 36.4 Å². The van der Waals surface area contributed by atoms with Crippen LogP contribution in [0, 0.1) is 0 Å². The largest absolute Gasteiger partial charge is 0.493 e. The van der Waals surface area contributed by atoms with Gasteiger partial charge in [0.15, 0.2) is 22.5 Å². The van der Waals surface area contributed by atoms with Gasteiger partial charge in [-0.05, 0) is 36.6 Å². The summed E-state index contributed by atoms with van der Waals surface area (Å²) in [6.07, 6.45) is 7.45. The highest BCUT2D eigenvalue weighted by molar-refractivity contribution is 7.99. The standard InChI is InChI=1S/C25H29N5O3S/c1-32-21-14-13-18(15-22(21)33-2)16-26-27-23(31)17-34-25-29-28-24(19-9-5-3-6-10-19)30(25)20-11-7-4-8-12-20/h3,5-6,9-10,13-16,20H,4,7-8,11-12,17H2,1-2H3,(H,27,31). The summed E-state index contributed by atoms with van der Waals surface area (Å²) in [5.74, 6) is 2.09. The number of carbonyl (C=O) groups is 1. The van der Waals surface area contributed by atoms with Crippen LogP contribution in [0.25, 0.3) is 11.4 Å². The molecule has 0 aliphatic heterocycles. The summed E-state index contributed by atoms with van der Waals surface area (Å²) in [6.45, 7) is 0.